The third-order valence-electron chi connectivity index (χ3n) is 2.54. The largest absolute Gasteiger partial charge is 0.490 e. The van der Waals surface area contributed by atoms with Gasteiger partial charge in [-0.25, -0.2) is 4.39 Å². The Balaban J connectivity index is 3.25. The van der Waals surface area contributed by atoms with Gasteiger partial charge in [-0.15, -0.1) is 0 Å². The van der Waals surface area contributed by atoms with Crippen molar-refractivity contribution in [2.24, 2.45) is 0 Å². The Labute approximate surface area is 104 Å². The number of anilines is 1. The summed E-state index contributed by atoms with van der Waals surface area (Å²) in [5, 5.41) is 19.6. The van der Waals surface area contributed by atoms with E-state index in [1.807, 2.05) is 0 Å². The van der Waals surface area contributed by atoms with Gasteiger partial charge in [-0.3, -0.25) is 10.1 Å². The van der Waals surface area contributed by atoms with Crippen molar-refractivity contribution in [1.82, 2.24) is 0 Å². The molecule has 0 aliphatic rings. The summed E-state index contributed by atoms with van der Waals surface area (Å²) in [6, 6.07) is 2.10. The number of hydrogen-bond acceptors (Lipinski definition) is 5. The molecule has 1 rings (SSSR count). The first kappa shape index (κ1) is 14.2. The SMILES string of the molecule is CCN(CCO)c1cc(OC)c([N+](=O)[O-])cc1F. The summed E-state index contributed by atoms with van der Waals surface area (Å²) in [6.07, 6.45) is 0. The van der Waals surface area contributed by atoms with E-state index >= 15 is 0 Å². The quantitative estimate of drug-likeness (QED) is 0.619. The summed E-state index contributed by atoms with van der Waals surface area (Å²) < 4.78 is 18.7. The summed E-state index contributed by atoms with van der Waals surface area (Å²) in [6.45, 7) is 2.38. The molecule has 100 valence electrons. The number of methoxy groups -OCH3 is 1. The summed E-state index contributed by atoms with van der Waals surface area (Å²) in [7, 11) is 1.28. The van der Waals surface area contributed by atoms with Gasteiger partial charge in [0.15, 0.2) is 11.6 Å². The third kappa shape index (κ3) is 2.86. The maximum absolute atomic E-state index is 13.8. The minimum Gasteiger partial charge on any atom is -0.490 e. The minimum absolute atomic E-state index is 0.00668. The lowest BCUT2D eigenvalue weighted by atomic mass is 10.2. The number of rotatable bonds is 6. The number of likely N-dealkylation sites (N-methyl/N-ethyl adjacent to an activating group) is 1. The van der Waals surface area contributed by atoms with Gasteiger partial charge in [0, 0.05) is 19.2 Å². The van der Waals surface area contributed by atoms with Crippen molar-refractivity contribution in [3.05, 3.63) is 28.1 Å². The highest BCUT2D eigenvalue weighted by atomic mass is 19.1. The van der Waals surface area contributed by atoms with Gasteiger partial charge in [0.05, 0.1) is 30.4 Å². The average Bonchev–Trinajstić information content (AvgIpc) is 2.35. The monoisotopic (exact) mass is 258 g/mol. The highest BCUT2D eigenvalue weighted by Crippen LogP contribution is 2.33. The fourth-order valence-corrected chi connectivity index (χ4v) is 1.65. The normalized spacial score (nSPS) is 10.2. The van der Waals surface area contributed by atoms with E-state index < -0.39 is 16.4 Å². The Hall–Kier alpha value is -1.89. The van der Waals surface area contributed by atoms with Crippen LogP contribution in [0.3, 0.4) is 0 Å². The zero-order valence-corrected chi connectivity index (χ0v) is 10.2. The fraction of sp³-hybridized carbons (Fsp3) is 0.455. The van der Waals surface area contributed by atoms with Crippen LogP contribution in [0.25, 0.3) is 0 Å². The zero-order valence-electron chi connectivity index (χ0n) is 10.2. The van der Waals surface area contributed by atoms with Crippen LogP contribution >= 0.6 is 0 Å². The number of halogens is 1. The van der Waals surface area contributed by atoms with Crippen LogP contribution in [-0.4, -0.2) is 36.8 Å². The van der Waals surface area contributed by atoms with Crippen molar-refractivity contribution < 1.29 is 19.2 Å². The maximum atomic E-state index is 13.8. The van der Waals surface area contributed by atoms with Crippen LogP contribution in [0.2, 0.25) is 0 Å². The van der Waals surface area contributed by atoms with Crippen molar-refractivity contribution >= 4 is 11.4 Å². The molecule has 0 bridgehead atoms. The molecule has 1 aromatic rings. The van der Waals surface area contributed by atoms with Gasteiger partial charge in [-0.1, -0.05) is 0 Å². The summed E-state index contributed by atoms with van der Waals surface area (Å²) in [4.78, 5) is 11.6. The van der Waals surface area contributed by atoms with Crippen molar-refractivity contribution in [3.63, 3.8) is 0 Å². The molecular formula is C11H15FN2O4. The molecule has 7 heteroatoms. The van der Waals surface area contributed by atoms with Crippen LogP contribution in [0.1, 0.15) is 6.92 Å². The Morgan fingerprint density at radius 1 is 1.56 bits per heavy atom. The predicted molar refractivity (Wildman–Crippen MR) is 64.6 cm³/mol. The van der Waals surface area contributed by atoms with Gasteiger partial charge in [-0.05, 0) is 6.92 Å². The predicted octanol–water partition coefficient (Wildman–Crippen LogP) is 1.56. The summed E-state index contributed by atoms with van der Waals surface area (Å²) in [5.41, 5.74) is -0.243. The first-order valence-corrected chi connectivity index (χ1v) is 5.42. The molecule has 0 saturated carbocycles. The molecule has 0 saturated heterocycles. The molecule has 0 aromatic heterocycles. The van der Waals surface area contributed by atoms with Gasteiger partial charge < -0.3 is 14.7 Å². The second-order valence-corrected chi connectivity index (χ2v) is 3.54. The summed E-state index contributed by atoms with van der Waals surface area (Å²) >= 11 is 0. The molecule has 0 atom stereocenters. The third-order valence-corrected chi connectivity index (χ3v) is 2.54. The standard InChI is InChI=1S/C11H15FN2O4/c1-3-13(4-5-15)9-7-11(18-2)10(14(16)17)6-8(9)12/h6-7,15H,3-5H2,1-2H3. The number of aliphatic hydroxyl groups excluding tert-OH is 1. The number of ether oxygens (including phenoxy) is 1. The van der Waals surface area contributed by atoms with Gasteiger partial charge in [-0.2, -0.15) is 0 Å². The van der Waals surface area contributed by atoms with Crippen LogP contribution in [0.15, 0.2) is 12.1 Å². The van der Waals surface area contributed by atoms with Gasteiger partial charge in [0.25, 0.3) is 0 Å². The fourth-order valence-electron chi connectivity index (χ4n) is 1.65. The minimum atomic E-state index is -0.710. The molecule has 0 radical (unpaired) electrons. The zero-order chi connectivity index (χ0) is 13.7. The van der Waals surface area contributed by atoms with E-state index in [0.29, 0.717) is 6.54 Å². The van der Waals surface area contributed by atoms with Crippen molar-refractivity contribution in [1.29, 1.82) is 0 Å². The Morgan fingerprint density at radius 2 is 2.22 bits per heavy atom. The van der Waals surface area contributed by atoms with Crippen LogP contribution in [0.5, 0.6) is 5.75 Å². The van der Waals surface area contributed by atoms with Crippen LogP contribution in [-0.2, 0) is 0 Å². The Morgan fingerprint density at radius 3 is 2.67 bits per heavy atom. The smallest absolute Gasteiger partial charge is 0.313 e. The number of aliphatic hydroxyl groups is 1. The van der Waals surface area contributed by atoms with Crippen molar-refractivity contribution in [2.75, 3.05) is 31.7 Å². The van der Waals surface area contributed by atoms with Gasteiger partial charge in [0.2, 0.25) is 0 Å². The highest BCUT2D eigenvalue weighted by molar-refractivity contribution is 5.60. The number of nitrogens with zero attached hydrogens (tertiary/aromatic N) is 2. The van der Waals surface area contributed by atoms with Gasteiger partial charge >= 0.3 is 5.69 Å². The Kier molecular flexibility index (Phi) is 4.85. The lowest BCUT2D eigenvalue weighted by Crippen LogP contribution is -2.27. The van der Waals surface area contributed by atoms with E-state index in [1.54, 1.807) is 11.8 Å². The topological polar surface area (TPSA) is 75.8 Å². The number of nitro groups is 1. The molecule has 6 nitrogen and oxygen atoms in total. The molecule has 0 amide bonds. The first-order valence-electron chi connectivity index (χ1n) is 5.42. The molecule has 0 unspecified atom stereocenters. The molecular weight excluding hydrogens is 243 g/mol. The lowest BCUT2D eigenvalue weighted by molar-refractivity contribution is -0.385. The van der Waals surface area contributed by atoms with E-state index in [9.17, 15) is 14.5 Å². The van der Waals surface area contributed by atoms with E-state index in [0.717, 1.165) is 6.07 Å². The number of benzene rings is 1. The molecule has 0 aliphatic heterocycles. The molecule has 1 N–H and O–H groups in total. The number of hydrogen-bond donors (Lipinski definition) is 1. The van der Waals surface area contributed by atoms with E-state index in [4.69, 9.17) is 9.84 Å². The van der Waals surface area contributed by atoms with Crippen molar-refractivity contribution in [3.8, 4) is 5.75 Å². The van der Waals surface area contributed by atoms with E-state index in [1.165, 1.54) is 13.2 Å². The van der Waals surface area contributed by atoms with E-state index in [2.05, 4.69) is 0 Å². The molecule has 0 spiro atoms. The molecule has 1 aromatic carbocycles. The lowest BCUT2D eigenvalue weighted by Gasteiger charge is -2.22. The van der Waals surface area contributed by atoms with Crippen LogP contribution < -0.4 is 9.64 Å². The molecule has 0 aliphatic carbocycles. The molecule has 0 fully saturated rings. The second kappa shape index (κ2) is 6.15. The Bertz CT molecular complexity index is 439. The van der Waals surface area contributed by atoms with Gasteiger partial charge in [0.1, 0.15) is 0 Å². The summed E-state index contributed by atoms with van der Waals surface area (Å²) in [5.74, 6) is -0.717. The van der Waals surface area contributed by atoms with E-state index in [-0.39, 0.29) is 24.6 Å². The average molecular weight is 258 g/mol. The number of nitro benzene ring substituents is 1. The highest BCUT2D eigenvalue weighted by Gasteiger charge is 2.21. The maximum Gasteiger partial charge on any atom is 0.313 e. The van der Waals surface area contributed by atoms with Crippen LogP contribution in [0.4, 0.5) is 15.8 Å². The molecule has 18 heavy (non-hydrogen) atoms. The molecule has 0 heterocycles. The first-order chi connectivity index (χ1) is 8.54. The van der Waals surface area contributed by atoms with Crippen molar-refractivity contribution in [2.45, 2.75) is 6.92 Å². The second-order valence-electron chi connectivity index (χ2n) is 3.54. The van der Waals surface area contributed by atoms with Crippen LogP contribution in [0, 0.1) is 15.9 Å².